The monoisotopic (exact) mass is 291 g/mol. The highest BCUT2D eigenvalue weighted by Gasteiger charge is 2.23. The van der Waals surface area contributed by atoms with E-state index in [-0.39, 0.29) is 18.6 Å². The lowest BCUT2D eigenvalue weighted by Crippen LogP contribution is -2.47. The number of carbonyl (C=O) groups excluding carboxylic acids is 2. The fourth-order valence-corrected chi connectivity index (χ4v) is 2.29. The van der Waals surface area contributed by atoms with Gasteiger partial charge in [0.25, 0.3) is 0 Å². The molecule has 0 saturated carbocycles. The van der Waals surface area contributed by atoms with E-state index < -0.39 is 6.03 Å². The van der Waals surface area contributed by atoms with E-state index in [0.717, 1.165) is 5.56 Å². The van der Waals surface area contributed by atoms with Gasteiger partial charge in [0.05, 0.1) is 19.3 Å². The van der Waals surface area contributed by atoms with Crippen LogP contribution in [0.2, 0.25) is 0 Å². The smallest absolute Gasteiger partial charge is 0.321 e. The van der Waals surface area contributed by atoms with Crippen molar-refractivity contribution in [2.75, 3.05) is 32.8 Å². The molecule has 1 aliphatic heterocycles. The van der Waals surface area contributed by atoms with E-state index in [2.05, 4.69) is 10.6 Å². The Hall–Kier alpha value is -1.92. The number of hydrogen-bond donors (Lipinski definition) is 2. The van der Waals surface area contributed by atoms with Crippen LogP contribution in [-0.4, -0.2) is 49.6 Å². The molecule has 1 aromatic carbocycles. The first-order chi connectivity index (χ1) is 10.2. The number of morpholine rings is 1. The average molecular weight is 291 g/mol. The van der Waals surface area contributed by atoms with Gasteiger partial charge in [-0.3, -0.25) is 15.0 Å². The van der Waals surface area contributed by atoms with E-state index in [4.69, 9.17) is 4.74 Å². The van der Waals surface area contributed by atoms with Gasteiger partial charge >= 0.3 is 6.03 Å². The van der Waals surface area contributed by atoms with Crippen LogP contribution in [0.5, 0.6) is 0 Å². The SMILES string of the molecule is CCNC(=O)NC(=O)CN1CCOC(c2ccccc2)C1. The highest BCUT2D eigenvalue weighted by atomic mass is 16.5. The Morgan fingerprint density at radius 3 is 2.81 bits per heavy atom. The number of hydrogen-bond acceptors (Lipinski definition) is 4. The van der Waals surface area contributed by atoms with Crippen molar-refractivity contribution in [1.82, 2.24) is 15.5 Å². The molecule has 114 valence electrons. The van der Waals surface area contributed by atoms with Gasteiger partial charge in [-0.2, -0.15) is 0 Å². The maximum absolute atomic E-state index is 11.8. The summed E-state index contributed by atoms with van der Waals surface area (Å²) in [7, 11) is 0. The Kier molecular flexibility index (Phi) is 5.71. The highest BCUT2D eigenvalue weighted by Crippen LogP contribution is 2.21. The molecule has 3 amide bonds. The maximum Gasteiger partial charge on any atom is 0.321 e. The largest absolute Gasteiger partial charge is 0.371 e. The molecule has 1 saturated heterocycles. The molecule has 1 aromatic rings. The molecule has 2 N–H and O–H groups in total. The number of amides is 3. The van der Waals surface area contributed by atoms with Crippen LogP contribution in [0.3, 0.4) is 0 Å². The van der Waals surface area contributed by atoms with Crippen molar-refractivity contribution in [2.45, 2.75) is 13.0 Å². The van der Waals surface area contributed by atoms with Gasteiger partial charge < -0.3 is 10.1 Å². The fraction of sp³-hybridized carbons (Fsp3) is 0.467. The van der Waals surface area contributed by atoms with Crippen LogP contribution in [0.1, 0.15) is 18.6 Å². The summed E-state index contributed by atoms with van der Waals surface area (Å²) in [4.78, 5) is 25.1. The van der Waals surface area contributed by atoms with Gasteiger partial charge in [-0.25, -0.2) is 4.79 Å². The lowest BCUT2D eigenvalue weighted by atomic mass is 10.1. The minimum Gasteiger partial charge on any atom is -0.371 e. The Morgan fingerprint density at radius 2 is 2.10 bits per heavy atom. The summed E-state index contributed by atoms with van der Waals surface area (Å²) in [6.07, 6.45) is -0.0304. The minimum atomic E-state index is -0.449. The van der Waals surface area contributed by atoms with Gasteiger partial charge in [-0.1, -0.05) is 30.3 Å². The standard InChI is InChI=1S/C15H21N3O3/c1-2-16-15(20)17-14(19)11-18-8-9-21-13(10-18)12-6-4-3-5-7-12/h3-7,13H,2,8-11H2,1H3,(H2,16,17,19,20). The van der Waals surface area contributed by atoms with E-state index >= 15 is 0 Å². The van der Waals surface area contributed by atoms with Crippen LogP contribution in [0.25, 0.3) is 0 Å². The van der Waals surface area contributed by atoms with Gasteiger partial charge in [0.1, 0.15) is 0 Å². The van der Waals surface area contributed by atoms with E-state index in [1.165, 1.54) is 0 Å². The summed E-state index contributed by atoms with van der Waals surface area (Å²) in [6, 6.07) is 9.49. The summed E-state index contributed by atoms with van der Waals surface area (Å²) >= 11 is 0. The van der Waals surface area contributed by atoms with Crippen LogP contribution >= 0.6 is 0 Å². The van der Waals surface area contributed by atoms with Crippen LogP contribution < -0.4 is 10.6 Å². The van der Waals surface area contributed by atoms with Crippen molar-refractivity contribution in [1.29, 1.82) is 0 Å². The number of imide groups is 1. The van der Waals surface area contributed by atoms with E-state index in [1.807, 2.05) is 35.2 Å². The van der Waals surface area contributed by atoms with Crippen molar-refractivity contribution < 1.29 is 14.3 Å². The molecule has 2 rings (SSSR count). The molecule has 6 heteroatoms. The number of urea groups is 1. The summed E-state index contributed by atoms with van der Waals surface area (Å²) < 4.78 is 5.74. The van der Waals surface area contributed by atoms with Crippen molar-refractivity contribution >= 4 is 11.9 Å². The van der Waals surface area contributed by atoms with Crippen LogP contribution in [0.15, 0.2) is 30.3 Å². The van der Waals surface area contributed by atoms with Gasteiger partial charge in [-0.05, 0) is 12.5 Å². The first kappa shape index (κ1) is 15.5. The Morgan fingerprint density at radius 1 is 1.33 bits per heavy atom. The average Bonchev–Trinajstić information content (AvgIpc) is 2.48. The summed E-state index contributed by atoms with van der Waals surface area (Å²) in [5.41, 5.74) is 1.10. The molecule has 1 unspecified atom stereocenters. The molecule has 0 aromatic heterocycles. The number of nitrogens with zero attached hydrogens (tertiary/aromatic N) is 1. The van der Waals surface area contributed by atoms with Crippen LogP contribution in [0.4, 0.5) is 4.79 Å². The predicted molar refractivity (Wildman–Crippen MR) is 78.8 cm³/mol. The lowest BCUT2D eigenvalue weighted by Gasteiger charge is -2.32. The third kappa shape index (κ3) is 4.84. The second kappa shape index (κ2) is 7.75. The molecule has 0 spiro atoms. The normalized spacial score (nSPS) is 19.0. The van der Waals surface area contributed by atoms with Crippen LogP contribution in [0, 0.1) is 0 Å². The Bertz CT molecular complexity index is 478. The molecular formula is C15H21N3O3. The molecule has 21 heavy (non-hydrogen) atoms. The molecule has 1 fully saturated rings. The van der Waals surface area contributed by atoms with E-state index in [9.17, 15) is 9.59 Å². The zero-order valence-electron chi connectivity index (χ0n) is 12.2. The first-order valence-corrected chi connectivity index (χ1v) is 7.15. The van der Waals surface area contributed by atoms with Gasteiger partial charge in [-0.15, -0.1) is 0 Å². The molecule has 0 bridgehead atoms. The number of nitrogens with one attached hydrogen (secondary N) is 2. The van der Waals surface area contributed by atoms with E-state index in [1.54, 1.807) is 6.92 Å². The van der Waals surface area contributed by atoms with Gasteiger partial charge in [0.15, 0.2) is 0 Å². The summed E-state index contributed by atoms with van der Waals surface area (Å²) in [5, 5.41) is 4.85. The molecular weight excluding hydrogens is 270 g/mol. The van der Waals surface area contributed by atoms with E-state index in [0.29, 0.717) is 26.2 Å². The predicted octanol–water partition coefficient (Wildman–Crippen LogP) is 0.906. The Balaban J connectivity index is 1.84. The zero-order valence-corrected chi connectivity index (χ0v) is 12.2. The fourth-order valence-electron chi connectivity index (χ4n) is 2.29. The maximum atomic E-state index is 11.8. The number of carbonyl (C=O) groups is 2. The number of ether oxygens (including phenoxy) is 1. The third-order valence-corrected chi connectivity index (χ3v) is 3.28. The van der Waals surface area contributed by atoms with Crippen molar-refractivity contribution in [2.24, 2.45) is 0 Å². The molecule has 1 heterocycles. The summed E-state index contributed by atoms with van der Waals surface area (Å²) in [5.74, 6) is -0.297. The quantitative estimate of drug-likeness (QED) is 0.865. The van der Waals surface area contributed by atoms with Crippen molar-refractivity contribution in [3.05, 3.63) is 35.9 Å². The molecule has 1 aliphatic rings. The molecule has 0 radical (unpaired) electrons. The second-order valence-corrected chi connectivity index (χ2v) is 4.91. The number of rotatable bonds is 4. The minimum absolute atomic E-state index is 0.0304. The molecule has 6 nitrogen and oxygen atoms in total. The van der Waals surface area contributed by atoms with Gasteiger partial charge in [0, 0.05) is 19.6 Å². The molecule has 1 atom stereocenters. The van der Waals surface area contributed by atoms with Crippen molar-refractivity contribution in [3.63, 3.8) is 0 Å². The molecule has 0 aliphatic carbocycles. The zero-order chi connectivity index (χ0) is 15.1. The number of benzene rings is 1. The van der Waals surface area contributed by atoms with Gasteiger partial charge in [0.2, 0.25) is 5.91 Å². The topological polar surface area (TPSA) is 70.7 Å². The highest BCUT2D eigenvalue weighted by molar-refractivity contribution is 5.95. The second-order valence-electron chi connectivity index (χ2n) is 4.91. The third-order valence-electron chi connectivity index (χ3n) is 3.28. The van der Waals surface area contributed by atoms with Crippen molar-refractivity contribution in [3.8, 4) is 0 Å². The Labute approximate surface area is 124 Å². The van der Waals surface area contributed by atoms with Crippen LogP contribution in [-0.2, 0) is 9.53 Å². The summed E-state index contributed by atoms with van der Waals surface area (Å²) in [6.45, 7) is 4.40. The first-order valence-electron chi connectivity index (χ1n) is 7.15. The lowest BCUT2D eigenvalue weighted by molar-refractivity contribution is -0.123.